The van der Waals surface area contributed by atoms with Gasteiger partial charge in [-0.25, -0.2) is 9.50 Å². The molecule has 1 atom stereocenters. The Hall–Kier alpha value is -3.06. The van der Waals surface area contributed by atoms with Crippen molar-refractivity contribution in [2.24, 2.45) is 0 Å². The lowest BCUT2D eigenvalue weighted by Crippen LogP contribution is -2.23. The first-order valence-electron chi connectivity index (χ1n) is 8.79. The molecule has 26 heavy (non-hydrogen) atoms. The molecule has 4 heterocycles. The van der Waals surface area contributed by atoms with Gasteiger partial charge in [0, 0.05) is 18.8 Å². The molecular formula is C19H18N6O. The molecule has 5 rings (SSSR count). The number of hydrogen-bond acceptors (Lipinski definition) is 6. The van der Waals surface area contributed by atoms with E-state index in [2.05, 4.69) is 49.4 Å². The normalized spacial score (nSPS) is 17.9. The van der Waals surface area contributed by atoms with Crippen molar-refractivity contribution in [2.75, 3.05) is 6.54 Å². The van der Waals surface area contributed by atoms with Crippen LogP contribution in [0.1, 0.15) is 30.3 Å². The van der Waals surface area contributed by atoms with Gasteiger partial charge >= 0.3 is 0 Å². The Bertz CT molecular complexity index is 1020. The molecule has 1 saturated heterocycles. The SMILES string of the molecule is c1ccc(CN2CCCC2c2nc(-c3ccnc4ccnn34)no2)cc1. The summed E-state index contributed by atoms with van der Waals surface area (Å²) in [7, 11) is 0. The summed E-state index contributed by atoms with van der Waals surface area (Å²) in [4.78, 5) is 11.4. The summed E-state index contributed by atoms with van der Waals surface area (Å²) in [5.41, 5.74) is 2.84. The summed E-state index contributed by atoms with van der Waals surface area (Å²) in [6.07, 6.45) is 5.61. The van der Waals surface area contributed by atoms with Crippen LogP contribution in [0.25, 0.3) is 17.2 Å². The maximum atomic E-state index is 5.63. The highest BCUT2D eigenvalue weighted by atomic mass is 16.5. The predicted molar refractivity (Wildman–Crippen MR) is 95.1 cm³/mol. The van der Waals surface area contributed by atoms with Crippen LogP contribution in [0.3, 0.4) is 0 Å². The molecule has 1 aliphatic rings. The molecule has 0 bridgehead atoms. The third-order valence-corrected chi connectivity index (χ3v) is 4.84. The smallest absolute Gasteiger partial charge is 0.244 e. The lowest BCUT2D eigenvalue weighted by Gasteiger charge is -2.21. The Kier molecular flexibility index (Phi) is 3.71. The van der Waals surface area contributed by atoms with Crippen molar-refractivity contribution in [3.05, 3.63) is 66.3 Å². The average Bonchev–Trinajstić information content (AvgIpc) is 3.42. The highest BCUT2D eigenvalue weighted by Gasteiger charge is 2.31. The minimum absolute atomic E-state index is 0.159. The summed E-state index contributed by atoms with van der Waals surface area (Å²) in [6.45, 7) is 1.93. The molecule has 1 fully saturated rings. The second kappa shape index (κ2) is 6.34. The molecule has 1 unspecified atom stereocenters. The van der Waals surface area contributed by atoms with E-state index in [-0.39, 0.29) is 6.04 Å². The molecule has 7 nitrogen and oxygen atoms in total. The molecule has 4 aromatic rings. The molecule has 3 aromatic heterocycles. The van der Waals surface area contributed by atoms with Crippen LogP contribution in [0.4, 0.5) is 0 Å². The Morgan fingerprint density at radius 3 is 2.92 bits per heavy atom. The number of fused-ring (bicyclic) bond motifs is 1. The third kappa shape index (κ3) is 2.66. The van der Waals surface area contributed by atoms with Gasteiger partial charge in [-0.1, -0.05) is 35.5 Å². The number of benzene rings is 1. The van der Waals surface area contributed by atoms with Crippen LogP contribution in [-0.2, 0) is 6.54 Å². The molecule has 1 aliphatic heterocycles. The summed E-state index contributed by atoms with van der Waals surface area (Å²) >= 11 is 0. The number of rotatable bonds is 4. The topological polar surface area (TPSA) is 72.4 Å². The van der Waals surface area contributed by atoms with Crippen molar-refractivity contribution in [3.8, 4) is 11.5 Å². The van der Waals surface area contributed by atoms with Crippen LogP contribution in [0.5, 0.6) is 0 Å². The van der Waals surface area contributed by atoms with E-state index < -0.39 is 0 Å². The number of aromatic nitrogens is 5. The van der Waals surface area contributed by atoms with Crippen LogP contribution in [0, 0.1) is 0 Å². The van der Waals surface area contributed by atoms with Gasteiger partial charge in [-0.15, -0.1) is 0 Å². The second-order valence-corrected chi connectivity index (χ2v) is 6.50. The average molecular weight is 346 g/mol. The van der Waals surface area contributed by atoms with Gasteiger partial charge in [0.05, 0.1) is 12.2 Å². The minimum atomic E-state index is 0.159. The fourth-order valence-corrected chi connectivity index (χ4v) is 3.59. The lowest BCUT2D eigenvalue weighted by molar-refractivity contribution is 0.201. The molecule has 0 aliphatic carbocycles. The number of nitrogens with zero attached hydrogens (tertiary/aromatic N) is 6. The molecule has 7 heteroatoms. The Balaban J connectivity index is 1.43. The fraction of sp³-hybridized carbons (Fsp3) is 0.263. The zero-order valence-corrected chi connectivity index (χ0v) is 14.2. The Morgan fingerprint density at radius 1 is 1.08 bits per heavy atom. The maximum absolute atomic E-state index is 5.63. The monoisotopic (exact) mass is 346 g/mol. The van der Waals surface area contributed by atoms with Gasteiger partial charge in [-0.3, -0.25) is 4.90 Å². The maximum Gasteiger partial charge on any atom is 0.244 e. The van der Waals surface area contributed by atoms with Gasteiger partial charge in [0.25, 0.3) is 0 Å². The second-order valence-electron chi connectivity index (χ2n) is 6.50. The van der Waals surface area contributed by atoms with E-state index in [1.807, 2.05) is 18.2 Å². The first-order valence-corrected chi connectivity index (χ1v) is 8.79. The fourth-order valence-electron chi connectivity index (χ4n) is 3.59. The zero-order valence-electron chi connectivity index (χ0n) is 14.2. The molecule has 0 N–H and O–H groups in total. The van der Waals surface area contributed by atoms with Gasteiger partial charge < -0.3 is 4.52 Å². The highest BCUT2D eigenvalue weighted by Crippen LogP contribution is 2.33. The molecule has 0 saturated carbocycles. The summed E-state index contributed by atoms with van der Waals surface area (Å²) in [5, 5.41) is 8.50. The number of likely N-dealkylation sites (tertiary alicyclic amines) is 1. The molecule has 0 amide bonds. The van der Waals surface area contributed by atoms with Crippen LogP contribution in [0.15, 0.2) is 59.4 Å². The van der Waals surface area contributed by atoms with E-state index >= 15 is 0 Å². The van der Waals surface area contributed by atoms with Crippen molar-refractivity contribution < 1.29 is 4.52 Å². The summed E-state index contributed by atoms with van der Waals surface area (Å²) in [6, 6.07) is 14.4. The quantitative estimate of drug-likeness (QED) is 0.565. The molecular weight excluding hydrogens is 328 g/mol. The van der Waals surface area contributed by atoms with Crippen LogP contribution >= 0.6 is 0 Å². The molecule has 1 aromatic carbocycles. The first kappa shape index (κ1) is 15.2. The Morgan fingerprint density at radius 2 is 2.00 bits per heavy atom. The highest BCUT2D eigenvalue weighted by molar-refractivity contribution is 5.54. The zero-order chi connectivity index (χ0) is 17.3. The van der Waals surface area contributed by atoms with E-state index in [0.717, 1.165) is 37.3 Å². The minimum Gasteiger partial charge on any atom is -0.337 e. The third-order valence-electron chi connectivity index (χ3n) is 4.84. The van der Waals surface area contributed by atoms with Crippen molar-refractivity contribution in [1.29, 1.82) is 0 Å². The number of hydrogen-bond donors (Lipinski definition) is 0. The summed E-state index contributed by atoms with van der Waals surface area (Å²) < 4.78 is 7.36. The molecule has 0 spiro atoms. The van der Waals surface area contributed by atoms with E-state index in [1.165, 1.54) is 5.56 Å². The van der Waals surface area contributed by atoms with Crippen molar-refractivity contribution in [3.63, 3.8) is 0 Å². The van der Waals surface area contributed by atoms with Crippen molar-refractivity contribution >= 4 is 5.65 Å². The van der Waals surface area contributed by atoms with E-state index in [9.17, 15) is 0 Å². The van der Waals surface area contributed by atoms with Crippen LogP contribution < -0.4 is 0 Å². The molecule has 0 radical (unpaired) electrons. The Labute approximate surface area is 150 Å². The van der Waals surface area contributed by atoms with Crippen molar-refractivity contribution in [1.82, 2.24) is 29.6 Å². The molecule has 130 valence electrons. The van der Waals surface area contributed by atoms with Crippen molar-refractivity contribution in [2.45, 2.75) is 25.4 Å². The summed E-state index contributed by atoms with van der Waals surface area (Å²) in [5.74, 6) is 1.22. The van der Waals surface area contributed by atoms with Gasteiger partial charge in [0.15, 0.2) is 5.65 Å². The van der Waals surface area contributed by atoms with E-state index in [1.54, 1.807) is 16.9 Å². The van der Waals surface area contributed by atoms with E-state index in [4.69, 9.17) is 4.52 Å². The van der Waals surface area contributed by atoms with Crippen LogP contribution in [0.2, 0.25) is 0 Å². The predicted octanol–water partition coefficient (Wildman–Crippen LogP) is 3.12. The lowest BCUT2D eigenvalue weighted by atomic mass is 10.2. The van der Waals surface area contributed by atoms with Crippen LogP contribution in [-0.4, -0.2) is 36.2 Å². The largest absolute Gasteiger partial charge is 0.337 e. The van der Waals surface area contributed by atoms with Gasteiger partial charge in [0.2, 0.25) is 11.7 Å². The van der Waals surface area contributed by atoms with Gasteiger partial charge in [-0.05, 0) is 31.0 Å². The first-order chi connectivity index (χ1) is 12.9. The standard InChI is InChI=1S/C19H18N6O/c1-2-5-14(6-3-1)13-24-12-4-7-16(24)19-22-18(23-26-19)15-8-10-20-17-9-11-21-25(15)17/h1-3,5-6,8-11,16H,4,7,12-13H2. The van der Waals surface area contributed by atoms with Gasteiger partial charge in [0.1, 0.15) is 5.69 Å². The van der Waals surface area contributed by atoms with E-state index in [0.29, 0.717) is 11.7 Å². The van der Waals surface area contributed by atoms with Gasteiger partial charge in [-0.2, -0.15) is 10.1 Å².